The van der Waals surface area contributed by atoms with Crippen LogP contribution in [0, 0.1) is 5.92 Å². The molecule has 2 atom stereocenters. The number of aromatic nitrogens is 1. The molecular formula is C20H26N2O3. The number of carbonyl (C=O) groups excluding carboxylic acids is 1. The van der Waals surface area contributed by atoms with Crippen LogP contribution < -0.4 is 4.74 Å². The minimum atomic E-state index is 0.0989. The Kier molecular flexibility index (Phi) is 5.43. The van der Waals surface area contributed by atoms with E-state index in [0.29, 0.717) is 6.54 Å². The van der Waals surface area contributed by atoms with Crippen molar-refractivity contribution >= 4 is 5.91 Å². The van der Waals surface area contributed by atoms with Crippen molar-refractivity contribution in [3.05, 3.63) is 53.9 Å². The second-order valence-corrected chi connectivity index (χ2v) is 6.63. The van der Waals surface area contributed by atoms with Gasteiger partial charge in [-0.05, 0) is 42.7 Å². The van der Waals surface area contributed by atoms with E-state index in [-0.39, 0.29) is 17.9 Å². The topological polar surface area (TPSA) is 43.7 Å². The van der Waals surface area contributed by atoms with Gasteiger partial charge in [0.05, 0.1) is 13.2 Å². The molecule has 0 spiro atoms. The Morgan fingerprint density at radius 1 is 1.20 bits per heavy atom. The molecule has 2 heterocycles. The summed E-state index contributed by atoms with van der Waals surface area (Å²) in [5, 5.41) is 0. The molecule has 3 rings (SSSR count). The second-order valence-electron chi connectivity index (χ2n) is 6.63. The zero-order valence-electron chi connectivity index (χ0n) is 15.1. The second kappa shape index (κ2) is 7.74. The molecule has 0 unspecified atom stereocenters. The quantitative estimate of drug-likeness (QED) is 0.839. The molecule has 1 aromatic heterocycles. The van der Waals surface area contributed by atoms with Gasteiger partial charge in [0.2, 0.25) is 0 Å². The Balaban J connectivity index is 1.71. The van der Waals surface area contributed by atoms with Crippen molar-refractivity contribution in [3.63, 3.8) is 0 Å². The van der Waals surface area contributed by atoms with Crippen molar-refractivity contribution < 1.29 is 14.3 Å². The van der Waals surface area contributed by atoms with Gasteiger partial charge in [-0.3, -0.25) is 4.79 Å². The number of piperidine rings is 1. The summed E-state index contributed by atoms with van der Waals surface area (Å²) in [6.07, 6.45) is 3.84. The predicted molar refractivity (Wildman–Crippen MR) is 96.9 cm³/mol. The third kappa shape index (κ3) is 3.87. The molecule has 1 saturated heterocycles. The maximum Gasteiger partial charge on any atom is 0.270 e. The summed E-state index contributed by atoms with van der Waals surface area (Å²) >= 11 is 0. The maximum absolute atomic E-state index is 12.8. The third-order valence-electron chi connectivity index (χ3n) is 5.07. The molecule has 0 aliphatic carbocycles. The van der Waals surface area contributed by atoms with Crippen LogP contribution in [0.25, 0.3) is 0 Å². The number of rotatable bonds is 5. The van der Waals surface area contributed by atoms with Crippen molar-refractivity contribution in [3.8, 4) is 5.75 Å². The molecule has 25 heavy (non-hydrogen) atoms. The minimum absolute atomic E-state index is 0.0989. The SMILES string of the molecule is COc1ccc(C[C@H]2CN(C(=O)c3cccn3C)CC[C@H]2OC)cc1. The van der Waals surface area contributed by atoms with E-state index in [2.05, 4.69) is 12.1 Å². The number of carbonyl (C=O) groups is 1. The first kappa shape index (κ1) is 17.5. The number of hydrogen-bond acceptors (Lipinski definition) is 3. The molecule has 1 aliphatic rings. The molecule has 0 N–H and O–H groups in total. The molecule has 1 amide bonds. The summed E-state index contributed by atoms with van der Waals surface area (Å²) in [5.74, 6) is 1.24. The highest BCUT2D eigenvalue weighted by Crippen LogP contribution is 2.25. The summed E-state index contributed by atoms with van der Waals surface area (Å²) < 4.78 is 12.8. The molecule has 134 valence electrons. The monoisotopic (exact) mass is 342 g/mol. The summed E-state index contributed by atoms with van der Waals surface area (Å²) in [7, 11) is 5.34. The van der Waals surface area contributed by atoms with Gasteiger partial charge in [-0.1, -0.05) is 12.1 Å². The van der Waals surface area contributed by atoms with Gasteiger partial charge in [0.1, 0.15) is 11.4 Å². The lowest BCUT2D eigenvalue weighted by Gasteiger charge is -2.38. The molecule has 1 fully saturated rings. The van der Waals surface area contributed by atoms with Gasteiger partial charge in [-0.25, -0.2) is 0 Å². The highest BCUT2D eigenvalue weighted by atomic mass is 16.5. The molecule has 5 nitrogen and oxygen atoms in total. The Hall–Kier alpha value is -2.27. The van der Waals surface area contributed by atoms with Crippen LogP contribution in [0.15, 0.2) is 42.6 Å². The number of amides is 1. The van der Waals surface area contributed by atoms with Crippen LogP contribution >= 0.6 is 0 Å². The number of nitrogens with zero attached hydrogens (tertiary/aromatic N) is 2. The first-order chi connectivity index (χ1) is 12.1. The molecular weight excluding hydrogens is 316 g/mol. The number of benzene rings is 1. The average molecular weight is 342 g/mol. The number of hydrogen-bond donors (Lipinski definition) is 0. The molecule has 1 aromatic carbocycles. The highest BCUT2D eigenvalue weighted by Gasteiger charge is 2.32. The van der Waals surface area contributed by atoms with E-state index in [1.165, 1.54) is 5.56 Å². The lowest BCUT2D eigenvalue weighted by atomic mass is 9.88. The number of aryl methyl sites for hydroxylation is 1. The van der Waals surface area contributed by atoms with E-state index in [9.17, 15) is 4.79 Å². The molecule has 5 heteroatoms. The van der Waals surface area contributed by atoms with E-state index in [4.69, 9.17) is 9.47 Å². The van der Waals surface area contributed by atoms with Gasteiger partial charge in [-0.2, -0.15) is 0 Å². The Labute approximate surface area is 149 Å². The molecule has 1 aliphatic heterocycles. The van der Waals surface area contributed by atoms with Crippen molar-refractivity contribution in [1.82, 2.24) is 9.47 Å². The zero-order valence-corrected chi connectivity index (χ0v) is 15.1. The van der Waals surface area contributed by atoms with Gasteiger partial charge < -0.3 is 18.9 Å². The first-order valence-electron chi connectivity index (χ1n) is 8.68. The van der Waals surface area contributed by atoms with E-state index in [1.54, 1.807) is 14.2 Å². The van der Waals surface area contributed by atoms with Crippen molar-refractivity contribution in [2.75, 3.05) is 27.3 Å². The molecule has 0 saturated carbocycles. The van der Waals surface area contributed by atoms with Crippen LogP contribution in [0.1, 0.15) is 22.5 Å². The Morgan fingerprint density at radius 3 is 2.56 bits per heavy atom. The number of ether oxygens (including phenoxy) is 2. The van der Waals surface area contributed by atoms with Gasteiger partial charge in [0.25, 0.3) is 5.91 Å². The van der Waals surface area contributed by atoms with Gasteiger partial charge >= 0.3 is 0 Å². The van der Waals surface area contributed by atoms with E-state index in [0.717, 1.165) is 30.8 Å². The molecule has 0 bridgehead atoms. The number of methoxy groups -OCH3 is 2. The fourth-order valence-electron chi connectivity index (χ4n) is 3.61. The van der Waals surface area contributed by atoms with Crippen LogP contribution in [0.5, 0.6) is 5.75 Å². The number of likely N-dealkylation sites (tertiary alicyclic amines) is 1. The highest BCUT2D eigenvalue weighted by molar-refractivity contribution is 5.92. The zero-order chi connectivity index (χ0) is 17.8. The van der Waals surface area contributed by atoms with Crippen LogP contribution in [0.2, 0.25) is 0 Å². The summed E-state index contributed by atoms with van der Waals surface area (Å²) in [6, 6.07) is 11.9. The summed E-state index contributed by atoms with van der Waals surface area (Å²) in [6.45, 7) is 1.45. The van der Waals surface area contributed by atoms with Crippen molar-refractivity contribution in [1.29, 1.82) is 0 Å². The normalized spacial score (nSPS) is 20.5. The Bertz CT molecular complexity index is 708. The van der Waals surface area contributed by atoms with Crippen LogP contribution in [-0.2, 0) is 18.2 Å². The average Bonchev–Trinajstić information content (AvgIpc) is 3.07. The summed E-state index contributed by atoms with van der Waals surface area (Å²) in [4.78, 5) is 14.8. The third-order valence-corrected chi connectivity index (χ3v) is 5.07. The maximum atomic E-state index is 12.8. The lowest BCUT2D eigenvalue weighted by molar-refractivity contribution is -0.00327. The van der Waals surface area contributed by atoms with Gasteiger partial charge in [0, 0.05) is 39.4 Å². The van der Waals surface area contributed by atoms with E-state index in [1.807, 2.05) is 47.0 Å². The smallest absolute Gasteiger partial charge is 0.270 e. The fraction of sp³-hybridized carbons (Fsp3) is 0.450. The van der Waals surface area contributed by atoms with Crippen LogP contribution in [-0.4, -0.2) is 48.8 Å². The molecule has 0 radical (unpaired) electrons. The largest absolute Gasteiger partial charge is 0.497 e. The van der Waals surface area contributed by atoms with Gasteiger partial charge in [-0.15, -0.1) is 0 Å². The van der Waals surface area contributed by atoms with Crippen LogP contribution in [0.4, 0.5) is 0 Å². The van der Waals surface area contributed by atoms with Crippen molar-refractivity contribution in [2.24, 2.45) is 13.0 Å². The Morgan fingerprint density at radius 2 is 1.96 bits per heavy atom. The standard InChI is InChI=1S/C20H26N2O3/c1-21-11-4-5-18(21)20(23)22-12-10-19(25-3)16(14-22)13-15-6-8-17(24-2)9-7-15/h4-9,11,16,19H,10,12-14H2,1-3H3/t16-,19+/m0/s1. The summed E-state index contributed by atoms with van der Waals surface area (Å²) in [5.41, 5.74) is 1.97. The van der Waals surface area contributed by atoms with E-state index >= 15 is 0 Å². The van der Waals surface area contributed by atoms with Crippen molar-refractivity contribution in [2.45, 2.75) is 18.9 Å². The van der Waals surface area contributed by atoms with Crippen LogP contribution in [0.3, 0.4) is 0 Å². The van der Waals surface area contributed by atoms with Gasteiger partial charge in [0.15, 0.2) is 0 Å². The molecule has 2 aromatic rings. The first-order valence-corrected chi connectivity index (χ1v) is 8.68. The van der Waals surface area contributed by atoms with E-state index < -0.39 is 0 Å². The predicted octanol–water partition coefficient (Wildman–Crippen LogP) is 2.75. The minimum Gasteiger partial charge on any atom is -0.497 e. The fourth-order valence-corrected chi connectivity index (χ4v) is 3.61. The lowest BCUT2D eigenvalue weighted by Crippen LogP contribution is -2.47.